The van der Waals surface area contributed by atoms with Gasteiger partial charge in [-0.2, -0.15) is 0 Å². The molecule has 0 aliphatic carbocycles. The van der Waals surface area contributed by atoms with Crippen LogP contribution >= 0.6 is 23.1 Å². The van der Waals surface area contributed by atoms with Crippen LogP contribution in [-0.2, 0) is 16.1 Å². The number of carbonyl (C=O) groups is 1. The quantitative estimate of drug-likeness (QED) is 0.424. The summed E-state index contributed by atoms with van der Waals surface area (Å²) in [5.74, 6) is 0.145. The van der Waals surface area contributed by atoms with Crippen LogP contribution in [0.15, 0.2) is 21.4 Å². The summed E-state index contributed by atoms with van der Waals surface area (Å²) in [6.45, 7) is 3.67. The van der Waals surface area contributed by atoms with Gasteiger partial charge in [0.25, 0.3) is 5.56 Å². The molecule has 0 fully saturated rings. The highest BCUT2D eigenvalue weighted by molar-refractivity contribution is 7.99. The maximum absolute atomic E-state index is 12.6. The van der Waals surface area contributed by atoms with Gasteiger partial charge in [0.15, 0.2) is 5.16 Å². The molecule has 0 spiro atoms. The molecule has 0 radical (unpaired) electrons. The first kappa shape index (κ1) is 18.0. The molecule has 0 aliphatic heterocycles. The van der Waals surface area contributed by atoms with Crippen molar-refractivity contribution in [2.45, 2.75) is 31.5 Å². The minimum atomic E-state index is -0.0891. The van der Waals surface area contributed by atoms with E-state index in [2.05, 4.69) is 17.2 Å². The number of carbonyl (C=O) groups excluding carboxylic acids is 1. The second kappa shape index (κ2) is 9.05. The van der Waals surface area contributed by atoms with Gasteiger partial charge in [-0.05, 0) is 17.9 Å². The minimum Gasteiger partial charge on any atom is -0.383 e. The molecule has 1 N–H and O–H groups in total. The second-order valence-corrected chi connectivity index (χ2v) is 6.83. The first-order chi connectivity index (χ1) is 11.2. The van der Waals surface area contributed by atoms with E-state index in [0.717, 1.165) is 12.8 Å². The summed E-state index contributed by atoms with van der Waals surface area (Å²) in [4.78, 5) is 28.9. The van der Waals surface area contributed by atoms with Gasteiger partial charge in [0.05, 0.1) is 17.9 Å². The Bertz CT molecular complexity index is 712. The first-order valence-corrected chi connectivity index (χ1v) is 9.40. The molecule has 2 aromatic rings. The molecule has 2 heterocycles. The van der Waals surface area contributed by atoms with Crippen molar-refractivity contribution in [3.8, 4) is 0 Å². The van der Waals surface area contributed by atoms with Gasteiger partial charge in [0, 0.05) is 20.2 Å². The largest absolute Gasteiger partial charge is 0.383 e. The summed E-state index contributed by atoms with van der Waals surface area (Å²) < 4.78 is 7.26. The van der Waals surface area contributed by atoms with Gasteiger partial charge in [0.1, 0.15) is 4.70 Å². The summed E-state index contributed by atoms with van der Waals surface area (Å²) >= 11 is 2.71. The van der Waals surface area contributed by atoms with Crippen LogP contribution in [0, 0.1) is 0 Å². The van der Waals surface area contributed by atoms with Crippen LogP contribution in [0.3, 0.4) is 0 Å². The Labute approximate surface area is 143 Å². The van der Waals surface area contributed by atoms with E-state index in [1.165, 1.54) is 23.1 Å². The third-order valence-corrected chi connectivity index (χ3v) is 5.09. The lowest BCUT2D eigenvalue weighted by atomic mass is 10.3. The highest BCUT2D eigenvalue weighted by Crippen LogP contribution is 2.21. The Hall–Kier alpha value is -1.38. The van der Waals surface area contributed by atoms with E-state index in [1.807, 2.05) is 11.4 Å². The second-order valence-electron chi connectivity index (χ2n) is 4.97. The molecule has 0 bridgehead atoms. The SMILES string of the molecule is CCCCn1c(SCC(=O)NCCOC)nc2ccsc2c1=O. The highest BCUT2D eigenvalue weighted by atomic mass is 32.2. The molecule has 23 heavy (non-hydrogen) atoms. The lowest BCUT2D eigenvalue weighted by molar-refractivity contribution is -0.118. The number of hydrogen-bond donors (Lipinski definition) is 1. The van der Waals surface area contributed by atoms with Crippen molar-refractivity contribution in [2.24, 2.45) is 0 Å². The molecule has 0 aromatic carbocycles. The van der Waals surface area contributed by atoms with Crippen LogP contribution in [0.2, 0.25) is 0 Å². The number of amides is 1. The van der Waals surface area contributed by atoms with Crippen molar-refractivity contribution in [1.29, 1.82) is 0 Å². The third-order valence-electron chi connectivity index (χ3n) is 3.23. The van der Waals surface area contributed by atoms with Crippen molar-refractivity contribution in [2.75, 3.05) is 26.0 Å². The van der Waals surface area contributed by atoms with Crippen molar-refractivity contribution >= 4 is 39.2 Å². The molecule has 0 unspecified atom stereocenters. The number of ether oxygens (including phenoxy) is 1. The van der Waals surface area contributed by atoms with Gasteiger partial charge < -0.3 is 10.1 Å². The van der Waals surface area contributed by atoms with Crippen LogP contribution in [0.1, 0.15) is 19.8 Å². The van der Waals surface area contributed by atoms with Crippen molar-refractivity contribution in [1.82, 2.24) is 14.9 Å². The molecule has 2 rings (SSSR count). The molecule has 0 saturated carbocycles. The van der Waals surface area contributed by atoms with Gasteiger partial charge in [-0.15, -0.1) is 11.3 Å². The average molecular weight is 355 g/mol. The zero-order valence-electron chi connectivity index (χ0n) is 13.3. The fourth-order valence-electron chi connectivity index (χ4n) is 2.02. The molecule has 126 valence electrons. The Morgan fingerprint density at radius 3 is 3.09 bits per heavy atom. The van der Waals surface area contributed by atoms with E-state index < -0.39 is 0 Å². The number of unbranched alkanes of at least 4 members (excludes halogenated alkanes) is 1. The smallest absolute Gasteiger partial charge is 0.272 e. The zero-order chi connectivity index (χ0) is 16.7. The summed E-state index contributed by atoms with van der Waals surface area (Å²) in [6.07, 6.45) is 1.91. The van der Waals surface area contributed by atoms with E-state index in [4.69, 9.17) is 4.74 Å². The molecule has 1 amide bonds. The number of nitrogens with one attached hydrogen (secondary N) is 1. The molecule has 0 saturated heterocycles. The number of fused-ring (bicyclic) bond motifs is 1. The molecular weight excluding hydrogens is 334 g/mol. The van der Waals surface area contributed by atoms with E-state index in [0.29, 0.717) is 35.1 Å². The number of nitrogens with zero attached hydrogens (tertiary/aromatic N) is 2. The molecule has 6 nitrogen and oxygen atoms in total. The summed E-state index contributed by atoms with van der Waals surface area (Å²) in [6, 6.07) is 1.84. The van der Waals surface area contributed by atoms with Crippen LogP contribution < -0.4 is 10.9 Å². The summed E-state index contributed by atoms with van der Waals surface area (Å²) in [5.41, 5.74) is 0.691. The van der Waals surface area contributed by atoms with E-state index in [1.54, 1.807) is 11.7 Å². The van der Waals surface area contributed by atoms with Crippen molar-refractivity contribution in [3.05, 3.63) is 21.8 Å². The summed E-state index contributed by atoms with van der Waals surface area (Å²) in [7, 11) is 1.59. The topological polar surface area (TPSA) is 73.2 Å². The standard InChI is InChI=1S/C15H21N3O3S2/c1-3-4-7-18-14(20)13-11(5-9-22-13)17-15(18)23-10-12(19)16-6-8-21-2/h5,9H,3-4,6-8,10H2,1-2H3,(H,16,19). The maximum atomic E-state index is 12.6. The fraction of sp³-hybridized carbons (Fsp3) is 0.533. The number of thioether (sulfide) groups is 1. The molecular formula is C15H21N3O3S2. The average Bonchev–Trinajstić information content (AvgIpc) is 3.01. The third kappa shape index (κ3) is 4.79. The van der Waals surface area contributed by atoms with Crippen LogP contribution in [-0.4, -0.2) is 41.5 Å². The molecule has 2 aromatic heterocycles. The Morgan fingerprint density at radius 2 is 2.35 bits per heavy atom. The Kier molecular flexibility index (Phi) is 7.07. The Morgan fingerprint density at radius 1 is 1.52 bits per heavy atom. The van der Waals surface area contributed by atoms with Crippen molar-refractivity contribution in [3.63, 3.8) is 0 Å². The predicted octanol–water partition coefficient (Wildman–Crippen LogP) is 2.11. The van der Waals surface area contributed by atoms with E-state index >= 15 is 0 Å². The van der Waals surface area contributed by atoms with Crippen molar-refractivity contribution < 1.29 is 9.53 Å². The van der Waals surface area contributed by atoms with Gasteiger partial charge in [-0.3, -0.25) is 14.2 Å². The Balaban J connectivity index is 2.14. The molecule has 8 heteroatoms. The lowest BCUT2D eigenvalue weighted by Gasteiger charge is -2.11. The number of hydrogen-bond acceptors (Lipinski definition) is 6. The molecule has 0 aliphatic rings. The highest BCUT2D eigenvalue weighted by Gasteiger charge is 2.13. The van der Waals surface area contributed by atoms with Gasteiger partial charge >= 0.3 is 0 Å². The van der Waals surface area contributed by atoms with Gasteiger partial charge in [-0.25, -0.2) is 4.98 Å². The monoisotopic (exact) mass is 355 g/mol. The first-order valence-electron chi connectivity index (χ1n) is 7.53. The number of thiophene rings is 1. The lowest BCUT2D eigenvalue weighted by Crippen LogP contribution is -2.29. The van der Waals surface area contributed by atoms with E-state index in [-0.39, 0.29) is 17.2 Å². The van der Waals surface area contributed by atoms with Gasteiger partial charge in [-0.1, -0.05) is 25.1 Å². The molecule has 0 atom stereocenters. The van der Waals surface area contributed by atoms with E-state index in [9.17, 15) is 9.59 Å². The normalized spacial score (nSPS) is 11.0. The van der Waals surface area contributed by atoms with Gasteiger partial charge in [0.2, 0.25) is 5.91 Å². The maximum Gasteiger partial charge on any atom is 0.272 e. The number of methoxy groups -OCH3 is 1. The number of rotatable bonds is 9. The van der Waals surface area contributed by atoms with Crippen LogP contribution in [0.5, 0.6) is 0 Å². The van der Waals surface area contributed by atoms with Crippen LogP contribution in [0.25, 0.3) is 10.2 Å². The summed E-state index contributed by atoms with van der Waals surface area (Å²) in [5, 5.41) is 5.24. The minimum absolute atomic E-state index is 0.0132. The number of aromatic nitrogens is 2. The zero-order valence-corrected chi connectivity index (χ0v) is 15.0. The predicted molar refractivity (Wildman–Crippen MR) is 94.4 cm³/mol. The fourth-order valence-corrected chi connectivity index (χ4v) is 3.65. The van der Waals surface area contributed by atoms with Crippen LogP contribution in [0.4, 0.5) is 0 Å².